The smallest absolute Gasteiger partial charge is 0.340 e. The lowest BCUT2D eigenvalue weighted by molar-refractivity contribution is -0.123. The van der Waals surface area contributed by atoms with E-state index in [2.05, 4.69) is 10.6 Å². The zero-order valence-electron chi connectivity index (χ0n) is 13.5. The van der Waals surface area contributed by atoms with Crippen LogP contribution in [0.5, 0.6) is 0 Å². The second kappa shape index (κ2) is 8.58. The molecule has 0 atom stereocenters. The Morgan fingerprint density at radius 1 is 0.960 bits per heavy atom. The largest absolute Gasteiger partial charge is 0.462 e. The van der Waals surface area contributed by atoms with E-state index in [1.807, 2.05) is 0 Å². The summed E-state index contributed by atoms with van der Waals surface area (Å²) < 4.78 is 17.7. The third kappa shape index (κ3) is 5.42. The molecule has 2 aromatic rings. The number of halogens is 1. The lowest BCUT2D eigenvalue weighted by Crippen LogP contribution is -2.22. The lowest BCUT2D eigenvalue weighted by Gasteiger charge is -2.10. The molecular formula is C18H17FN2O4. The van der Waals surface area contributed by atoms with E-state index >= 15 is 0 Å². The standard InChI is InChI=1S/C18H17FN2O4/c1-2-25-18(24)14-5-3-4-6-15(14)21-17(23)11-16(22)20-13-9-7-12(19)8-10-13/h3-10H,2,11H2,1H3,(H,20,22)(H,21,23). The molecule has 0 aliphatic heterocycles. The Morgan fingerprint density at radius 2 is 1.60 bits per heavy atom. The van der Waals surface area contributed by atoms with Crippen molar-refractivity contribution in [2.45, 2.75) is 13.3 Å². The minimum Gasteiger partial charge on any atom is -0.462 e. The highest BCUT2D eigenvalue weighted by molar-refractivity contribution is 6.09. The molecule has 0 aliphatic rings. The molecule has 2 amide bonds. The van der Waals surface area contributed by atoms with E-state index < -0.39 is 30.0 Å². The predicted molar refractivity (Wildman–Crippen MR) is 90.7 cm³/mol. The van der Waals surface area contributed by atoms with E-state index in [9.17, 15) is 18.8 Å². The monoisotopic (exact) mass is 344 g/mol. The number of para-hydroxylation sites is 1. The molecule has 6 nitrogen and oxygen atoms in total. The van der Waals surface area contributed by atoms with Crippen molar-refractivity contribution in [1.82, 2.24) is 0 Å². The van der Waals surface area contributed by atoms with Crippen molar-refractivity contribution in [2.75, 3.05) is 17.2 Å². The molecule has 0 unspecified atom stereocenters. The zero-order valence-corrected chi connectivity index (χ0v) is 13.5. The number of hydrogen-bond acceptors (Lipinski definition) is 4. The second-order valence-corrected chi connectivity index (χ2v) is 5.05. The van der Waals surface area contributed by atoms with Crippen LogP contribution in [0.2, 0.25) is 0 Å². The molecule has 2 aromatic carbocycles. The number of carbonyl (C=O) groups is 3. The highest BCUT2D eigenvalue weighted by Gasteiger charge is 2.15. The van der Waals surface area contributed by atoms with Gasteiger partial charge in [0, 0.05) is 5.69 Å². The molecule has 0 bridgehead atoms. The van der Waals surface area contributed by atoms with Gasteiger partial charge in [0.25, 0.3) is 0 Å². The Kier molecular flexibility index (Phi) is 6.22. The summed E-state index contributed by atoms with van der Waals surface area (Å²) in [5.74, 6) is -2.13. The van der Waals surface area contributed by atoms with E-state index in [4.69, 9.17) is 4.74 Å². The highest BCUT2D eigenvalue weighted by Crippen LogP contribution is 2.17. The number of ether oxygens (including phenoxy) is 1. The maximum absolute atomic E-state index is 12.8. The first kappa shape index (κ1) is 18.1. The average Bonchev–Trinajstić information content (AvgIpc) is 2.57. The summed E-state index contributed by atoms with van der Waals surface area (Å²) in [6.07, 6.45) is -0.450. The number of hydrogen-bond donors (Lipinski definition) is 2. The quantitative estimate of drug-likeness (QED) is 0.623. The molecular weight excluding hydrogens is 327 g/mol. The zero-order chi connectivity index (χ0) is 18.2. The van der Waals surface area contributed by atoms with Gasteiger partial charge in [0.05, 0.1) is 17.9 Å². The van der Waals surface area contributed by atoms with Crippen LogP contribution in [0.15, 0.2) is 48.5 Å². The fourth-order valence-electron chi connectivity index (χ4n) is 2.06. The van der Waals surface area contributed by atoms with Gasteiger partial charge in [-0.05, 0) is 43.3 Å². The first-order valence-electron chi connectivity index (χ1n) is 7.61. The highest BCUT2D eigenvalue weighted by atomic mass is 19.1. The first-order chi connectivity index (χ1) is 12.0. The lowest BCUT2D eigenvalue weighted by atomic mass is 10.1. The van der Waals surface area contributed by atoms with Gasteiger partial charge in [-0.15, -0.1) is 0 Å². The van der Waals surface area contributed by atoms with Gasteiger partial charge in [-0.25, -0.2) is 9.18 Å². The van der Waals surface area contributed by atoms with Crippen molar-refractivity contribution < 1.29 is 23.5 Å². The third-order valence-corrected chi connectivity index (χ3v) is 3.15. The van der Waals surface area contributed by atoms with Gasteiger partial charge >= 0.3 is 5.97 Å². The van der Waals surface area contributed by atoms with Gasteiger partial charge in [-0.1, -0.05) is 12.1 Å². The number of nitrogens with one attached hydrogen (secondary N) is 2. The number of amides is 2. The van der Waals surface area contributed by atoms with E-state index in [1.54, 1.807) is 25.1 Å². The van der Waals surface area contributed by atoms with Crippen LogP contribution in [-0.2, 0) is 14.3 Å². The van der Waals surface area contributed by atoms with Crippen LogP contribution in [0, 0.1) is 5.82 Å². The van der Waals surface area contributed by atoms with Gasteiger partial charge in [-0.3, -0.25) is 9.59 Å². The SMILES string of the molecule is CCOC(=O)c1ccccc1NC(=O)CC(=O)Nc1ccc(F)cc1. The Bertz CT molecular complexity index is 775. The molecule has 2 N–H and O–H groups in total. The molecule has 0 saturated heterocycles. The van der Waals surface area contributed by atoms with Crippen molar-refractivity contribution in [3.8, 4) is 0 Å². The molecule has 0 saturated carbocycles. The van der Waals surface area contributed by atoms with Crippen LogP contribution >= 0.6 is 0 Å². The van der Waals surface area contributed by atoms with E-state index in [-0.39, 0.29) is 17.9 Å². The maximum atomic E-state index is 12.8. The van der Waals surface area contributed by atoms with Gasteiger partial charge in [0.2, 0.25) is 11.8 Å². The van der Waals surface area contributed by atoms with Crippen LogP contribution in [0.4, 0.5) is 15.8 Å². The molecule has 0 radical (unpaired) electrons. The maximum Gasteiger partial charge on any atom is 0.340 e. The molecule has 0 fully saturated rings. The van der Waals surface area contributed by atoms with Crippen LogP contribution in [0.1, 0.15) is 23.7 Å². The van der Waals surface area contributed by atoms with Crippen LogP contribution in [-0.4, -0.2) is 24.4 Å². The number of benzene rings is 2. The fraction of sp³-hybridized carbons (Fsp3) is 0.167. The van der Waals surface area contributed by atoms with Gasteiger partial charge < -0.3 is 15.4 Å². The second-order valence-electron chi connectivity index (χ2n) is 5.05. The summed E-state index contributed by atoms with van der Waals surface area (Å²) in [5, 5.41) is 5.00. The molecule has 130 valence electrons. The summed E-state index contributed by atoms with van der Waals surface area (Å²) >= 11 is 0. The van der Waals surface area contributed by atoms with Gasteiger partial charge in [0.15, 0.2) is 0 Å². The number of carbonyl (C=O) groups excluding carboxylic acids is 3. The summed E-state index contributed by atoms with van der Waals surface area (Å²) in [6, 6.07) is 11.5. The van der Waals surface area contributed by atoms with Crippen molar-refractivity contribution >= 4 is 29.2 Å². The van der Waals surface area contributed by atoms with Crippen LogP contribution < -0.4 is 10.6 Å². The number of esters is 1. The third-order valence-electron chi connectivity index (χ3n) is 3.15. The Hall–Kier alpha value is -3.22. The minimum atomic E-state index is -0.587. The number of anilines is 2. The predicted octanol–water partition coefficient (Wildman–Crippen LogP) is 2.97. The van der Waals surface area contributed by atoms with E-state index in [0.29, 0.717) is 5.69 Å². The molecule has 7 heteroatoms. The molecule has 0 spiro atoms. The minimum absolute atomic E-state index is 0.205. The van der Waals surface area contributed by atoms with E-state index in [0.717, 1.165) is 0 Å². The normalized spacial score (nSPS) is 10.0. The Morgan fingerprint density at radius 3 is 2.28 bits per heavy atom. The van der Waals surface area contributed by atoms with Crippen molar-refractivity contribution in [2.24, 2.45) is 0 Å². The van der Waals surface area contributed by atoms with Gasteiger partial charge in [-0.2, -0.15) is 0 Å². The van der Waals surface area contributed by atoms with Crippen molar-refractivity contribution in [3.05, 3.63) is 59.9 Å². The van der Waals surface area contributed by atoms with Crippen LogP contribution in [0.25, 0.3) is 0 Å². The Labute approximate surface area is 144 Å². The van der Waals surface area contributed by atoms with E-state index in [1.165, 1.54) is 30.3 Å². The fourth-order valence-corrected chi connectivity index (χ4v) is 2.06. The average molecular weight is 344 g/mol. The summed E-state index contributed by atoms with van der Waals surface area (Å²) in [6.45, 7) is 1.89. The van der Waals surface area contributed by atoms with Crippen molar-refractivity contribution in [3.63, 3.8) is 0 Å². The van der Waals surface area contributed by atoms with Crippen molar-refractivity contribution in [1.29, 1.82) is 0 Å². The molecule has 0 aromatic heterocycles. The summed E-state index contributed by atoms with van der Waals surface area (Å²) in [7, 11) is 0. The van der Waals surface area contributed by atoms with Crippen LogP contribution in [0.3, 0.4) is 0 Å². The molecule has 0 heterocycles. The molecule has 0 aliphatic carbocycles. The van der Waals surface area contributed by atoms with Gasteiger partial charge in [0.1, 0.15) is 12.2 Å². The topological polar surface area (TPSA) is 84.5 Å². The molecule has 2 rings (SSSR count). The summed E-state index contributed by atoms with van der Waals surface area (Å²) in [5.41, 5.74) is 0.850. The first-order valence-corrected chi connectivity index (χ1v) is 7.61. The summed E-state index contributed by atoms with van der Waals surface area (Å²) in [4.78, 5) is 35.7. The number of rotatable bonds is 6. The molecule has 25 heavy (non-hydrogen) atoms. The Balaban J connectivity index is 1.97.